The minimum Gasteiger partial charge on any atom is -0.397 e. The van der Waals surface area contributed by atoms with Crippen LogP contribution in [0.1, 0.15) is 30.9 Å². The van der Waals surface area contributed by atoms with Gasteiger partial charge in [-0.15, -0.1) is 0 Å². The van der Waals surface area contributed by atoms with E-state index < -0.39 is 29.2 Å². The Kier molecular flexibility index (Phi) is 8.70. The van der Waals surface area contributed by atoms with E-state index in [0.717, 1.165) is 0 Å². The maximum absolute atomic E-state index is 15.4. The second-order valence-electron chi connectivity index (χ2n) is 10.4. The summed E-state index contributed by atoms with van der Waals surface area (Å²) in [6, 6.07) is 18.4. The Morgan fingerprint density at radius 3 is 2.49 bits per heavy atom. The molecule has 7 nitrogen and oxygen atoms in total. The predicted molar refractivity (Wildman–Crippen MR) is 154 cm³/mol. The number of hydrogen-bond acceptors (Lipinski definition) is 5. The zero-order chi connectivity index (χ0) is 28.2. The first-order valence-corrected chi connectivity index (χ1v) is 13.0. The first kappa shape index (κ1) is 28.3. The number of nitrogens with one attached hydrogen (secondary N) is 2. The van der Waals surface area contributed by atoms with Crippen molar-refractivity contribution in [2.75, 3.05) is 36.0 Å². The van der Waals surface area contributed by atoms with E-state index in [1.807, 2.05) is 4.90 Å². The number of aliphatic hydroxyl groups is 1. The van der Waals surface area contributed by atoms with Gasteiger partial charge in [-0.2, -0.15) is 0 Å². The van der Waals surface area contributed by atoms with Crippen molar-refractivity contribution >= 4 is 46.6 Å². The predicted octanol–water partition coefficient (Wildman–Crippen LogP) is 5.14. The molecule has 0 bridgehead atoms. The largest absolute Gasteiger partial charge is 0.397 e. The molecule has 2 atom stereocenters. The third kappa shape index (κ3) is 7.66. The van der Waals surface area contributed by atoms with E-state index in [2.05, 4.69) is 10.6 Å². The fourth-order valence-electron chi connectivity index (χ4n) is 4.82. The number of carbonyl (C=O) groups is 2. The van der Waals surface area contributed by atoms with Crippen LogP contribution in [0.15, 0.2) is 72.8 Å². The van der Waals surface area contributed by atoms with Crippen LogP contribution in [0.3, 0.4) is 0 Å². The lowest BCUT2D eigenvalue weighted by Gasteiger charge is -2.25. The standard InChI is InChI=1S/C30H32ClFN4O3/c1-30(2,39)18-36-16-23(24(17-36)29(38)34-21-11-9-20(31)10-12-21)22-13-7-19(15-25(22)32)8-14-28(37)35-27-6-4-3-5-26(27)33/h3-15,23-24,39H,16-18,33H2,1-2H3,(H,34,38)(H,35,37). The minimum atomic E-state index is -0.968. The van der Waals surface area contributed by atoms with Crippen molar-refractivity contribution < 1.29 is 19.1 Å². The molecule has 0 spiro atoms. The summed E-state index contributed by atoms with van der Waals surface area (Å²) in [6.07, 6.45) is 2.82. The zero-order valence-electron chi connectivity index (χ0n) is 21.8. The Morgan fingerprint density at radius 2 is 1.82 bits per heavy atom. The van der Waals surface area contributed by atoms with Gasteiger partial charge in [0.15, 0.2) is 0 Å². The summed E-state index contributed by atoms with van der Waals surface area (Å²) < 4.78 is 15.4. The van der Waals surface area contributed by atoms with Gasteiger partial charge < -0.3 is 21.5 Å². The molecule has 39 heavy (non-hydrogen) atoms. The van der Waals surface area contributed by atoms with Crippen LogP contribution >= 0.6 is 11.6 Å². The molecule has 3 aromatic rings. The molecule has 0 radical (unpaired) electrons. The number of hydrogen-bond donors (Lipinski definition) is 4. The number of para-hydroxylation sites is 2. The van der Waals surface area contributed by atoms with Gasteiger partial charge in [0.05, 0.1) is 22.9 Å². The molecule has 9 heteroatoms. The lowest BCUT2D eigenvalue weighted by Crippen LogP contribution is -2.38. The molecule has 1 aliphatic rings. The van der Waals surface area contributed by atoms with Crippen LogP contribution in [0, 0.1) is 11.7 Å². The Balaban J connectivity index is 1.51. The SMILES string of the molecule is CC(C)(O)CN1CC(C(=O)Nc2ccc(Cl)cc2)C(c2ccc(C=CC(=O)Nc3ccccc3N)cc2F)C1. The van der Waals surface area contributed by atoms with Crippen LogP contribution < -0.4 is 16.4 Å². The molecule has 2 unspecified atom stereocenters. The lowest BCUT2D eigenvalue weighted by molar-refractivity contribution is -0.120. The molecule has 2 amide bonds. The molecular formula is C30H32ClFN4O3. The Morgan fingerprint density at radius 1 is 1.10 bits per heavy atom. The van der Waals surface area contributed by atoms with Gasteiger partial charge in [-0.3, -0.25) is 14.5 Å². The topological polar surface area (TPSA) is 108 Å². The summed E-state index contributed by atoms with van der Waals surface area (Å²) in [6.45, 7) is 4.53. The van der Waals surface area contributed by atoms with Crippen LogP contribution in [0.5, 0.6) is 0 Å². The normalized spacial score (nSPS) is 17.9. The third-order valence-corrected chi connectivity index (χ3v) is 6.78. The zero-order valence-corrected chi connectivity index (χ0v) is 22.6. The number of nitrogen functional groups attached to an aromatic ring is 1. The van der Waals surface area contributed by atoms with Gasteiger partial charge in [0.1, 0.15) is 5.82 Å². The van der Waals surface area contributed by atoms with Gasteiger partial charge >= 0.3 is 0 Å². The van der Waals surface area contributed by atoms with Gasteiger partial charge in [0.2, 0.25) is 11.8 Å². The Bertz CT molecular complexity index is 1370. The molecule has 0 aromatic heterocycles. The highest BCUT2D eigenvalue weighted by molar-refractivity contribution is 6.30. The Labute approximate surface area is 232 Å². The number of β-amino-alcohol motifs (C(OH)–C–C–N with tert-alkyl or cyclic N) is 1. The first-order chi connectivity index (χ1) is 18.5. The average molecular weight is 551 g/mol. The summed E-state index contributed by atoms with van der Waals surface area (Å²) in [5, 5.41) is 16.5. The maximum Gasteiger partial charge on any atom is 0.248 e. The summed E-state index contributed by atoms with van der Waals surface area (Å²) in [5.41, 5.74) is 7.33. The van der Waals surface area contributed by atoms with Crippen LogP contribution in [0.4, 0.5) is 21.5 Å². The average Bonchev–Trinajstić information content (AvgIpc) is 3.27. The molecule has 3 aromatic carbocycles. The van der Waals surface area contributed by atoms with Gasteiger partial charge in [0.25, 0.3) is 0 Å². The van der Waals surface area contributed by atoms with Gasteiger partial charge in [-0.05, 0) is 73.5 Å². The maximum atomic E-state index is 15.4. The number of benzene rings is 3. The fraction of sp³-hybridized carbons (Fsp3) is 0.267. The number of anilines is 3. The van der Waals surface area contributed by atoms with Gasteiger partial charge in [-0.1, -0.05) is 35.9 Å². The summed E-state index contributed by atoms with van der Waals surface area (Å²) >= 11 is 5.95. The van der Waals surface area contributed by atoms with E-state index >= 15 is 4.39 Å². The van der Waals surface area contributed by atoms with E-state index in [-0.39, 0.29) is 5.91 Å². The van der Waals surface area contributed by atoms with E-state index in [9.17, 15) is 14.7 Å². The summed E-state index contributed by atoms with van der Waals surface area (Å²) in [7, 11) is 0. The highest BCUT2D eigenvalue weighted by Crippen LogP contribution is 2.36. The van der Waals surface area contributed by atoms with Crippen molar-refractivity contribution in [2.45, 2.75) is 25.4 Å². The van der Waals surface area contributed by atoms with Crippen molar-refractivity contribution in [1.29, 1.82) is 0 Å². The fourth-order valence-corrected chi connectivity index (χ4v) is 4.94. The molecule has 4 rings (SSSR count). The molecule has 1 aliphatic heterocycles. The van der Waals surface area contributed by atoms with Crippen molar-refractivity contribution in [3.8, 4) is 0 Å². The van der Waals surface area contributed by atoms with Crippen LogP contribution in [-0.4, -0.2) is 47.1 Å². The molecule has 0 saturated carbocycles. The first-order valence-electron chi connectivity index (χ1n) is 12.6. The molecule has 0 aliphatic carbocycles. The van der Waals surface area contributed by atoms with Crippen molar-refractivity contribution in [2.24, 2.45) is 5.92 Å². The quantitative estimate of drug-likeness (QED) is 0.229. The number of halogens is 2. The van der Waals surface area contributed by atoms with Crippen LogP contribution in [0.2, 0.25) is 5.02 Å². The van der Waals surface area contributed by atoms with Crippen molar-refractivity contribution in [1.82, 2.24) is 4.90 Å². The van der Waals surface area contributed by atoms with Crippen molar-refractivity contribution in [3.63, 3.8) is 0 Å². The van der Waals surface area contributed by atoms with Crippen LogP contribution in [-0.2, 0) is 9.59 Å². The van der Waals surface area contributed by atoms with E-state index in [1.54, 1.807) is 74.5 Å². The molecule has 1 fully saturated rings. The highest BCUT2D eigenvalue weighted by atomic mass is 35.5. The lowest BCUT2D eigenvalue weighted by atomic mass is 9.87. The highest BCUT2D eigenvalue weighted by Gasteiger charge is 2.40. The number of rotatable bonds is 8. The smallest absolute Gasteiger partial charge is 0.248 e. The Hall–Kier alpha value is -3.72. The van der Waals surface area contributed by atoms with Gasteiger partial charge in [0, 0.05) is 42.3 Å². The third-order valence-electron chi connectivity index (χ3n) is 6.52. The number of amides is 2. The van der Waals surface area contributed by atoms with E-state index in [0.29, 0.717) is 52.8 Å². The second-order valence-corrected chi connectivity index (χ2v) is 10.8. The summed E-state index contributed by atoms with van der Waals surface area (Å²) in [5.74, 6) is -2.07. The second kappa shape index (κ2) is 12.0. The van der Waals surface area contributed by atoms with Crippen LogP contribution in [0.25, 0.3) is 6.08 Å². The number of nitrogens with two attached hydrogens (primary N) is 1. The molecule has 1 saturated heterocycles. The minimum absolute atomic E-state index is 0.235. The molecule has 204 valence electrons. The van der Waals surface area contributed by atoms with E-state index in [1.165, 1.54) is 18.2 Å². The number of carbonyl (C=O) groups excluding carboxylic acids is 2. The number of likely N-dealkylation sites (tertiary alicyclic amines) is 1. The molecular weight excluding hydrogens is 519 g/mol. The number of nitrogens with zero attached hydrogens (tertiary/aromatic N) is 1. The van der Waals surface area contributed by atoms with Crippen molar-refractivity contribution in [3.05, 3.63) is 94.8 Å². The van der Waals surface area contributed by atoms with Gasteiger partial charge in [-0.25, -0.2) is 4.39 Å². The molecule has 1 heterocycles. The monoisotopic (exact) mass is 550 g/mol. The summed E-state index contributed by atoms with van der Waals surface area (Å²) in [4.78, 5) is 27.6. The molecule has 5 N–H and O–H groups in total. The van der Waals surface area contributed by atoms with E-state index in [4.69, 9.17) is 17.3 Å².